The van der Waals surface area contributed by atoms with Crippen molar-refractivity contribution in [3.63, 3.8) is 0 Å². The summed E-state index contributed by atoms with van der Waals surface area (Å²) in [5, 5.41) is 2.79. The van der Waals surface area contributed by atoms with Crippen LogP contribution in [-0.4, -0.2) is 15.9 Å². The SMILES string of the molecule is NC(=O)c1cnc(Cl)nc1NCc1c(F)cccc1Br. The number of carbonyl (C=O) groups excluding carboxylic acids is 1. The fraction of sp³-hybridized carbons (Fsp3) is 0.0833. The highest BCUT2D eigenvalue weighted by molar-refractivity contribution is 9.10. The number of hydrogen-bond donors (Lipinski definition) is 2. The van der Waals surface area contributed by atoms with Crippen molar-refractivity contribution in [2.24, 2.45) is 5.73 Å². The Hall–Kier alpha value is -1.73. The molecule has 0 saturated heterocycles. The molecule has 1 heterocycles. The second kappa shape index (κ2) is 6.15. The molecule has 1 aromatic heterocycles. The number of hydrogen-bond acceptors (Lipinski definition) is 4. The van der Waals surface area contributed by atoms with E-state index in [-0.39, 0.29) is 29.0 Å². The minimum absolute atomic E-state index is 0.0369. The molecular formula is C12H9BrClFN4O. The first kappa shape index (κ1) is 14.7. The molecule has 0 radical (unpaired) electrons. The normalized spacial score (nSPS) is 10.3. The molecule has 0 saturated carbocycles. The first-order valence-electron chi connectivity index (χ1n) is 5.48. The summed E-state index contributed by atoms with van der Waals surface area (Å²) in [6, 6.07) is 4.63. The van der Waals surface area contributed by atoms with Gasteiger partial charge in [0, 0.05) is 22.8 Å². The number of anilines is 1. The van der Waals surface area contributed by atoms with Crippen LogP contribution in [0.5, 0.6) is 0 Å². The smallest absolute Gasteiger partial charge is 0.254 e. The molecule has 0 spiro atoms. The van der Waals surface area contributed by atoms with Gasteiger partial charge in [-0.15, -0.1) is 0 Å². The lowest BCUT2D eigenvalue weighted by Crippen LogP contribution is -2.16. The lowest BCUT2D eigenvalue weighted by molar-refractivity contribution is 0.100. The largest absolute Gasteiger partial charge is 0.365 e. The highest BCUT2D eigenvalue weighted by atomic mass is 79.9. The van der Waals surface area contributed by atoms with Crippen molar-refractivity contribution in [2.45, 2.75) is 6.54 Å². The Balaban J connectivity index is 2.27. The molecule has 0 bridgehead atoms. The minimum atomic E-state index is -0.697. The van der Waals surface area contributed by atoms with Gasteiger partial charge in [0.2, 0.25) is 5.28 Å². The van der Waals surface area contributed by atoms with Crippen LogP contribution in [-0.2, 0) is 6.54 Å². The molecule has 20 heavy (non-hydrogen) atoms. The Morgan fingerprint density at radius 2 is 2.25 bits per heavy atom. The number of nitrogens with two attached hydrogens (primary N) is 1. The van der Waals surface area contributed by atoms with Gasteiger partial charge < -0.3 is 11.1 Å². The third-order valence-corrected chi connectivity index (χ3v) is 3.44. The van der Waals surface area contributed by atoms with Gasteiger partial charge >= 0.3 is 0 Å². The number of aromatic nitrogens is 2. The second-order valence-corrected chi connectivity index (χ2v) is 5.01. The maximum absolute atomic E-state index is 13.7. The van der Waals surface area contributed by atoms with E-state index in [1.54, 1.807) is 12.1 Å². The van der Waals surface area contributed by atoms with Crippen LogP contribution in [0.1, 0.15) is 15.9 Å². The van der Waals surface area contributed by atoms with Gasteiger partial charge in [0.05, 0.1) is 5.56 Å². The molecule has 0 aliphatic carbocycles. The third-order valence-electron chi connectivity index (χ3n) is 2.52. The monoisotopic (exact) mass is 358 g/mol. The number of nitrogens with one attached hydrogen (secondary N) is 1. The van der Waals surface area contributed by atoms with E-state index in [1.165, 1.54) is 12.3 Å². The highest BCUT2D eigenvalue weighted by Crippen LogP contribution is 2.21. The minimum Gasteiger partial charge on any atom is -0.365 e. The van der Waals surface area contributed by atoms with Crippen molar-refractivity contribution < 1.29 is 9.18 Å². The fourth-order valence-corrected chi connectivity index (χ4v) is 2.16. The topological polar surface area (TPSA) is 80.9 Å². The van der Waals surface area contributed by atoms with Crippen LogP contribution in [0, 0.1) is 5.82 Å². The van der Waals surface area contributed by atoms with E-state index >= 15 is 0 Å². The molecule has 2 rings (SSSR count). The lowest BCUT2D eigenvalue weighted by atomic mass is 10.2. The van der Waals surface area contributed by atoms with E-state index in [0.717, 1.165) is 0 Å². The number of nitrogens with zero attached hydrogens (tertiary/aromatic N) is 2. The molecule has 0 unspecified atom stereocenters. The van der Waals surface area contributed by atoms with Crippen LogP contribution < -0.4 is 11.1 Å². The standard InChI is InChI=1S/C12H9BrClFN4O/c13-8-2-1-3-9(15)6(8)4-17-11-7(10(16)20)5-18-12(14)19-11/h1-3,5H,4H2,(H2,16,20)(H,17,18,19). The van der Waals surface area contributed by atoms with Crippen LogP contribution in [0.25, 0.3) is 0 Å². The Kier molecular flexibility index (Phi) is 4.51. The second-order valence-electron chi connectivity index (χ2n) is 3.82. The molecular weight excluding hydrogens is 351 g/mol. The molecule has 104 valence electrons. The number of amides is 1. The van der Waals surface area contributed by atoms with Crippen molar-refractivity contribution >= 4 is 39.3 Å². The molecule has 8 heteroatoms. The molecule has 2 aromatic rings. The van der Waals surface area contributed by atoms with Gasteiger partial charge in [0.1, 0.15) is 11.6 Å². The summed E-state index contributed by atoms with van der Waals surface area (Å²) in [4.78, 5) is 18.8. The van der Waals surface area contributed by atoms with Crippen LogP contribution in [0.15, 0.2) is 28.9 Å². The van der Waals surface area contributed by atoms with Gasteiger partial charge in [0.15, 0.2) is 0 Å². The fourth-order valence-electron chi connectivity index (χ4n) is 1.55. The van der Waals surface area contributed by atoms with Gasteiger partial charge in [-0.2, -0.15) is 4.98 Å². The van der Waals surface area contributed by atoms with Gasteiger partial charge in [-0.1, -0.05) is 22.0 Å². The lowest BCUT2D eigenvalue weighted by Gasteiger charge is -2.10. The van der Waals surface area contributed by atoms with Crippen LogP contribution in [0.4, 0.5) is 10.2 Å². The van der Waals surface area contributed by atoms with Crippen LogP contribution in [0.2, 0.25) is 5.28 Å². The molecule has 0 aliphatic heterocycles. The third kappa shape index (κ3) is 3.23. The number of primary amides is 1. The van der Waals surface area contributed by atoms with Gasteiger partial charge in [-0.3, -0.25) is 4.79 Å². The summed E-state index contributed by atoms with van der Waals surface area (Å²) >= 11 is 8.92. The Bertz CT molecular complexity index is 648. The summed E-state index contributed by atoms with van der Waals surface area (Å²) in [6.07, 6.45) is 1.22. The molecule has 0 aliphatic rings. The maximum Gasteiger partial charge on any atom is 0.254 e. The molecule has 1 amide bonds. The van der Waals surface area contributed by atoms with Crippen molar-refractivity contribution in [3.05, 3.63) is 51.1 Å². The van der Waals surface area contributed by atoms with Crippen LogP contribution >= 0.6 is 27.5 Å². The van der Waals surface area contributed by atoms with Gasteiger partial charge in [-0.05, 0) is 23.7 Å². The summed E-state index contributed by atoms with van der Waals surface area (Å²) in [5.74, 6) is -0.919. The highest BCUT2D eigenvalue weighted by Gasteiger charge is 2.13. The molecule has 0 fully saturated rings. The first-order chi connectivity index (χ1) is 9.49. The molecule has 1 aromatic carbocycles. The zero-order chi connectivity index (χ0) is 14.7. The average Bonchev–Trinajstić information content (AvgIpc) is 2.37. The van der Waals surface area contributed by atoms with Crippen LogP contribution in [0.3, 0.4) is 0 Å². The van der Waals surface area contributed by atoms with E-state index in [2.05, 4.69) is 31.2 Å². The quantitative estimate of drug-likeness (QED) is 0.823. The summed E-state index contributed by atoms with van der Waals surface area (Å²) in [6.45, 7) is 0.112. The number of rotatable bonds is 4. The van der Waals surface area contributed by atoms with Crippen molar-refractivity contribution in [1.29, 1.82) is 0 Å². The van der Waals surface area contributed by atoms with Gasteiger partial charge in [0.25, 0.3) is 5.91 Å². The first-order valence-corrected chi connectivity index (χ1v) is 6.65. The predicted molar refractivity (Wildman–Crippen MR) is 77.0 cm³/mol. The average molecular weight is 360 g/mol. The van der Waals surface area contributed by atoms with E-state index in [1.807, 2.05) is 0 Å². The molecule has 5 nitrogen and oxygen atoms in total. The Labute approximate surface area is 127 Å². The zero-order valence-electron chi connectivity index (χ0n) is 10.0. The van der Waals surface area contributed by atoms with E-state index in [4.69, 9.17) is 17.3 Å². The number of benzene rings is 1. The number of halogens is 3. The summed E-state index contributed by atoms with van der Waals surface area (Å²) in [5.41, 5.74) is 5.69. The predicted octanol–water partition coefficient (Wildman–Crippen LogP) is 2.74. The van der Waals surface area contributed by atoms with Crippen molar-refractivity contribution in [3.8, 4) is 0 Å². The molecule has 0 atom stereocenters. The maximum atomic E-state index is 13.7. The molecule has 3 N–H and O–H groups in total. The van der Waals surface area contributed by atoms with E-state index < -0.39 is 5.91 Å². The summed E-state index contributed by atoms with van der Waals surface area (Å²) < 4.78 is 14.3. The summed E-state index contributed by atoms with van der Waals surface area (Å²) in [7, 11) is 0. The Morgan fingerprint density at radius 3 is 2.90 bits per heavy atom. The van der Waals surface area contributed by atoms with Crippen molar-refractivity contribution in [2.75, 3.05) is 5.32 Å². The number of carbonyl (C=O) groups is 1. The van der Waals surface area contributed by atoms with E-state index in [9.17, 15) is 9.18 Å². The zero-order valence-corrected chi connectivity index (χ0v) is 12.4. The van der Waals surface area contributed by atoms with Gasteiger partial charge in [-0.25, -0.2) is 9.37 Å². The Morgan fingerprint density at radius 1 is 1.50 bits per heavy atom. The van der Waals surface area contributed by atoms with Crippen molar-refractivity contribution in [1.82, 2.24) is 9.97 Å². The van der Waals surface area contributed by atoms with E-state index in [0.29, 0.717) is 10.0 Å².